The minimum Gasteiger partial charge on any atom is -0.497 e. The molecule has 0 aliphatic carbocycles. The molecule has 0 saturated carbocycles. The van der Waals surface area contributed by atoms with Gasteiger partial charge in [-0.1, -0.05) is 0 Å². The number of hydrogen-bond donors (Lipinski definition) is 1. The molecule has 1 aliphatic heterocycles. The van der Waals surface area contributed by atoms with E-state index in [0.717, 1.165) is 0 Å². The van der Waals surface area contributed by atoms with Crippen molar-refractivity contribution in [3.05, 3.63) is 42.5 Å². The normalized spacial score (nSPS) is 15.4. The maximum atomic E-state index is 13.0. The standard InChI is InChI=1S/C17H15F2NO5/c1-10(23-13-6-4-12(22-2)5-7-13)16(21)20-11-3-8-14-15(9-11)25-17(18,19)24-14/h3-10H,1-2H3,(H,20,21). The average Bonchev–Trinajstić information content (AvgIpc) is 2.88. The molecule has 2 aromatic rings. The molecule has 0 aromatic heterocycles. The van der Waals surface area contributed by atoms with Crippen molar-refractivity contribution < 1.29 is 32.5 Å². The zero-order chi connectivity index (χ0) is 18.0. The van der Waals surface area contributed by atoms with Crippen LogP contribution in [0.2, 0.25) is 0 Å². The molecule has 1 atom stereocenters. The Bertz CT molecular complexity index is 779. The molecule has 0 bridgehead atoms. The Kier molecular flexibility index (Phi) is 4.35. The van der Waals surface area contributed by atoms with Gasteiger partial charge in [0.25, 0.3) is 5.91 Å². The van der Waals surface area contributed by atoms with Crippen molar-refractivity contribution in [1.82, 2.24) is 0 Å². The molecule has 0 radical (unpaired) electrons. The van der Waals surface area contributed by atoms with Gasteiger partial charge in [0.05, 0.1) is 7.11 Å². The van der Waals surface area contributed by atoms with Crippen LogP contribution < -0.4 is 24.3 Å². The fraction of sp³-hybridized carbons (Fsp3) is 0.235. The highest BCUT2D eigenvalue weighted by atomic mass is 19.3. The third-order valence-electron chi connectivity index (χ3n) is 3.41. The first kappa shape index (κ1) is 16.8. The zero-order valence-electron chi connectivity index (χ0n) is 13.4. The van der Waals surface area contributed by atoms with Crippen molar-refractivity contribution in [2.24, 2.45) is 0 Å². The van der Waals surface area contributed by atoms with Crippen molar-refractivity contribution in [2.75, 3.05) is 12.4 Å². The van der Waals surface area contributed by atoms with E-state index in [9.17, 15) is 13.6 Å². The summed E-state index contributed by atoms with van der Waals surface area (Å²) >= 11 is 0. The first-order chi connectivity index (χ1) is 11.9. The summed E-state index contributed by atoms with van der Waals surface area (Å²) in [6.07, 6.45) is -4.50. The molecular weight excluding hydrogens is 336 g/mol. The number of nitrogens with one attached hydrogen (secondary N) is 1. The molecule has 6 nitrogen and oxygen atoms in total. The first-order valence-corrected chi connectivity index (χ1v) is 7.38. The van der Waals surface area contributed by atoms with Crippen LogP contribution >= 0.6 is 0 Å². The number of alkyl halides is 2. The number of carbonyl (C=O) groups excluding carboxylic acids is 1. The van der Waals surface area contributed by atoms with Gasteiger partial charge in [-0.3, -0.25) is 4.79 Å². The summed E-state index contributed by atoms with van der Waals surface area (Å²) in [4.78, 5) is 12.2. The lowest BCUT2D eigenvalue weighted by Gasteiger charge is -2.15. The fourth-order valence-corrected chi connectivity index (χ4v) is 2.18. The third kappa shape index (κ3) is 3.90. The van der Waals surface area contributed by atoms with E-state index in [1.54, 1.807) is 38.3 Å². The van der Waals surface area contributed by atoms with Crippen molar-refractivity contribution >= 4 is 11.6 Å². The van der Waals surface area contributed by atoms with Gasteiger partial charge in [-0.2, -0.15) is 0 Å². The Labute approximate surface area is 142 Å². The quantitative estimate of drug-likeness (QED) is 0.894. The average molecular weight is 351 g/mol. The van der Waals surface area contributed by atoms with E-state index in [1.165, 1.54) is 18.2 Å². The summed E-state index contributed by atoms with van der Waals surface area (Å²) in [5.41, 5.74) is 0.287. The van der Waals surface area contributed by atoms with Gasteiger partial charge in [-0.25, -0.2) is 0 Å². The van der Waals surface area contributed by atoms with E-state index < -0.39 is 18.3 Å². The largest absolute Gasteiger partial charge is 0.586 e. The van der Waals surface area contributed by atoms with Gasteiger partial charge in [0, 0.05) is 11.8 Å². The molecule has 132 valence electrons. The van der Waals surface area contributed by atoms with Gasteiger partial charge in [0.2, 0.25) is 0 Å². The lowest BCUT2D eigenvalue weighted by molar-refractivity contribution is -0.286. The minimum atomic E-state index is -3.70. The number of benzene rings is 2. The second kappa shape index (κ2) is 6.46. The number of anilines is 1. The van der Waals surface area contributed by atoms with Gasteiger partial charge in [-0.15, -0.1) is 8.78 Å². The van der Waals surface area contributed by atoms with Crippen LogP contribution in [-0.4, -0.2) is 25.4 Å². The number of ether oxygens (including phenoxy) is 4. The molecule has 0 spiro atoms. The molecule has 1 N–H and O–H groups in total. The molecule has 8 heteroatoms. The lowest BCUT2D eigenvalue weighted by atomic mass is 10.2. The van der Waals surface area contributed by atoms with Gasteiger partial charge in [-0.05, 0) is 43.3 Å². The summed E-state index contributed by atoms with van der Waals surface area (Å²) < 4.78 is 45.2. The van der Waals surface area contributed by atoms with Crippen molar-refractivity contribution in [1.29, 1.82) is 0 Å². The SMILES string of the molecule is COc1ccc(OC(C)C(=O)Nc2ccc3c(c2)OC(F)(F)O3)cc1. The van der Waals surface area contributed by atoms with Gasteiger partial charge >= 0.3 is 6.29 Å². The molecule has 3 rings (SSSR count). The summed E-state index contributed by atoms with van der Waals surface area (Å²) in [6.45, 7) is 1.57. The zero-order valence-corrected chi connectivity index (χ0v) is 13.4. The maximum absolute atomic E-state index is 13.0. The van der Waals surface area contributed by atoms with Gasteiger partial charge in [0.15, 0.2) is 17.6 Å². The highest BCUT2D eigenvalue weighted by Gasteiger charge is 2.43. The number of rotatable bonds is 5. The van der Waals surface area contributed by atoms with E-state index >= 15 is 0 Å². The van der Waals surface area contributed by atoms with Crippen molar-refractivity contribution in [3.8, 4) is 23.0 Å². The van der Waals surface area contributed by atoms with Crippen LogP contribution in [0.4, 0.5) is 14.5 Å². The van der Waals surface area contributed by atoms with Crippen LogP contribution in [-0.2, 0) is 4.79 Å². The highest BCUT2D eigenvalue weighted by Crippen LogP contribution is 2.42. The predicted molar refractivity (Wildman–Crippen MR) is 84.4 cm³/mol. The fourth-order valence-electron chi connectivity index (χ4n) is 2.18. The molecule has 0 fully saturated rings. The van der Waals surface area contributed by atoms with Crippen LogP contribution in [0, 0.1) is 0 Å². The number of methoxy groups -OCH3 is 1. The monoisotopic (exact) mass is 351 g/mol. The second-order valence-corrected chi connectivity index (χ2v) is 5.25. The lowest BCUT2D eigenvalue weighted by Crippen LogP contribution is -2.30. The molecule has 1 aliphatic rings. The van der Waals surface area contributed by atoms with Crippen molar-refractivity contribution in [2.45, 2.75) is 19.3 Å². The molecular formula is C17H15F2NO5. The molecule has 1 amide bonds. The van der Waals surface area contributed by atoms with Crippen LogP contribution in [0.3, 0.4) is 0 Å². The van der Waals surface area contributed by atoms with Crippen molar-refractivity contribution in [3.63, 3.8) is 0 Å². The number of carbonyl (C=O) groups is 1. The first-order valence-electron chi connectivity index (χ1n) is 7.38. The van der Waals surface area contributed by atoms with E-state index in [0.29, 0.717) is 11.5 Å². The number of halogens is 2. The van der Waals surface area contributed by atoms with Crippen LogP contribution in [0.5, 0.6) is 23.0 Å². The number of amides is 1. The molecule has 2 aromatic carbocycles. The molecule has 1 heterocycles. The Morgan fingerprint density at radius 2 is 1.72 bits per heavy atom. The van der Waals surface area contributed by atoms with E-state index in [2.05, 4.69) is 14.8 Å². The number of hydrogen-bond acceptors (Lipinski definition) is 5. The topological polar surface area (TPSA) is 66.0 Å². The third-order valence-corrected chi connectivity index (χ3v) is 3.41. The summed E-state index contributed by atoms with van der Waals surface area (Å²) in [5.74, 6) is 0.480. The van der Waals surface area contributed by atoms with Gasteiger partial charge < -0.3 is 24.3 Å². The Hall–Kier alpha value is -3.03. The maximum Gasteiger partial charge on any atom is 0.586 e. The molecule has 0 saturated heterocycles. The predicted octanol–water partition coefficient (Wildman–Crippen LogP) is 3.42. The Balaban J connectivity index is 1.62. The minimum absolute atomic E-state index is 0.0921. The molecule has 25 heavy (non-hydrogen) atoms. The Morgan fingerprint density at radius 1 is 1.08 bits per heavy atom. The van der Waals surface area contributed by atoms with E-state index in [-0.39, 0.29) is 17.2 Å². The molecule has 1 unspecified atom stereocenters. The summed E-state index contributed by atoms with van der Waals surface area (Å²) in [6, 6.07) is 10.7. The van der Waals surface area contributed by atoms with E-state index in [1.807, 2.05) is 0 Å². The van der Waals surface area contributed by atoms with E-state index in [4.69, 9.17) is 9.47 Å². The highest BCUT2D eigenvalue weighted by molar-refractivity contribution is 5.94. The summed E-state index contributed by atoms with van der Waals surface area (Å²) in [7, 11) is 1.55. The number of fused-ring (bicyclic) bond motifs is 1. The van der Waals surface area contributed by atoms with Crippen LogP contribution in [0.1, 0.15) is 6.92 Å². The summed E-state index contributed by atoms with van der Waals surface area (Å²) in [5, 5.41) is 2.57. The Morgan fingerprint density at radius 3 is 2.40 bits per heavy atom. The van der Waals surface area contributed by atoms with Gasteiger partial charge in [0.1, 0.15) is 11.5 Å². The van der Waals surface area contributed by atoms with Crippen LogP contribution in [0.25, 0.3) is 0 Å². The van der Waals surface area contributed by atoms with Crippen LogP contribution in [0.15, 0.2) is 42.5 Å². The smallest absolute Gasteiger partial charge is 0.497 e. The second-order valence-electron chi connectivity index (χ2n) is 5.25.